The van der Waals surface area contributed by atoms with E-state index in [2.05, 4.69) is 20.8 Å². The van der Waals surface area contributed by atoms with Gasteiger partial charge in [0.1, 0.15) is 0 Å². The lowest BCUT2D eigenvalue weighted by Crippen LogP contribution is -2.47. The number of aliphatic hydroxyl groups excluding tert-OH is 1. The van der Waals surface area contributed by atoms with Crippen LogP contribution < -0.4 is 0 Å². The molecule has 0 aromatic carbocycles. The van der Waals surface area contributed by atoms with E-state index >= 15 is 0 Å². The third kappa shape index (κ3) is 3.45. The fourth-order valence-electron chi connectivity index (χ4n) is 7.69. The van der Waals surface area contributed by atoms with E-state index in [1.807, 2.05) is 6.08 Å². The van der Waals surface area contributed by atoms with Crippen LogP contribution in [0.3, 0.4) is 0 Å². The van der Waals surface area contributed by atoms with Gasteiger partial charge in [0.2, 0.25) is 0 Å². The maximum absolute atomic E-state index is 11.0. The number of carboxylic acids is 1. The topological polar surface area (TPSA) is 87.0 Å². The zero-order valence-electron chi connectivity index (χ0n) is 19.0. The lowest BCUT2D eigenvalue weighted by atomic mass is 9.50. The van der Waals surface area contributed by atoms with Gasteiger partial charge >= 0.3 is 5.97 Å². The summed E-state index contributed by atoms with van der Waals surface area (Å²) in [5, 5.41) is 29.3. The van der Waals surface area contributed by atoms with Gasteiger partial charge in [-0.05, 0) is 78.6 Å². The molecule has 1 spiro atoms. The van der Waals surface area contributed by atoms with Crippen molar-refractivity contribution in [1.29, 1.82) is 0 Å². The molecule has 0 aromatic rings. The molecule has 30 heavy (non-hydrogen) atoms. The maximum Gasteiger partial charge on any atom is 0.303 e. The van der Waals surface area contributed by atoms with Gasteiger partial charge in [-0.15, -0.1) is 0 Å². The van der Waals surface area contributed by atoms with E-state index in [4.69, 9.17) is 9.84 Å². The monoisotopic (exact) mass is 420 g/mol. The van der Waals surface area contributed by atoms with Crippen LogP contribution in [0.1, 0.15) is 85.0 Å². The van der Waals surface area contributed by atoms with Gasteiger partial charge in [0.15, 0.2) is 5.79 Å². The molecular weight excluding hydrogens is 380 g/mol. The predicted molar refractivity (Wildman–Crippen MR) is 115 cm³/mol. The number of ether oxygens (including phenoxy) is 1. The van der Waals surface area contributed by atoms with Crippen LogP contribution in [0.25, 0.3) is 0 Å². The van der Waals surface area contributed by atoms with Crippen molar-refractivity contribution in [3.05, 3.63) is 11.6 Å². The van der Waals surface area contributed by atoms with Crippen molar-refractivity contribution in [1.82, 2.24) is 0 Å². The molecule has 3 aliphatic carbocycles. The third-order valence-corrected chi connectivity index (χ3v) is 10.1. The molecule has 0 saturated heterocycles. The highest BCUT2D eigenvalue weighted by Crippen LogP contribution is 2.80. The minimum atomic E-state index is -1.58. The molecule has 170 valence electrons. The molecule has 0 radical (unpaired) electrons. The van der Waals surface area contributed by atoms with E-state index in [0.717, 1.165) is 24.7 Å². The molecule has 4 rings (SSSR count). The Morgan fingerprint density at radius 3 is 2.70 bits per heavy atom. The fourth-order valence-corrected chi connectivity index (χ4v) is 7.69. The van der Waals surface area contributed by atoms with E-state index in [9.17, 15) is 15.0 Å². The summed E-state index contributed by atoms with van der Waals surface area (Å²) in [7, 11) is 0. The molecule has 0 amide bonds. The van der Waals surface area contributed by atoms with Crippen molar-refractivity contribution < 1.29 is 24.9 Å². The van der Waals surface area contributed by atoms with Gasteiger partial charge in [-0.3, -0.25) is 4.79 Å². The van der Waals surface area contributed by atoms with Crippen LogP contribution in [0, 0.1) is 34.0 Å². The molecule has 5 heteroatoms. The molecule has 7 atom stereocenters. The zero-order chi connectivity index (χ0) is 21.8. The number of carboxylic acid groups (broad SMARTS) is 1. The fraction of sp³-hybridized carbons (Fsp3) is 0.880. The molecule has 0 bridgehead atoms. The lowest BCUT2D eigenvalue weighted by molar-refractivity contribution is -0.243. The number of aliphatic hydroxyl groups is 2. The van der Waals surface area contributed by atoms with Crippen LogP contribution in [0.2, 0.25) is 0 Å². The Kier molecular flexibility index (Phi) is 5.64. The maximum atomic E-state index is 11.0. The van der Waals surface area contributed by atoms with Gasteiger partial charge in [-0.25, -0.2) is 0 Å². The first-order chi connectivity index (χ1) is 14.1. The SMILES string of the molecule is C[C@H]1CC[C@@]23C[C@]2(C)CCCC3[C@@]1(C)CCC1=CCC(O)(C(CO)CC(=O)O)OC1. The smallest absolute Gasteiger partial charge is 0.303 e. The Labute approximate surface area is 180 Å². The summed E-state index contributed by atoms with van der Waals surface area (Å²) in [6, 6.07) is 0. The molecular formula is C25H40O5. The number of rotatable bonds is 7. The first kappa shape index (κ1) is 22.3. The summed E-state index contributed by atoms with van der Waals surface area (Å²) in [6.45, 7) is 7.43. The first-order valence-electron chi connectivity index (χ1n) is 12.0. The van der Waals surface area contributed by atoms with Crippen LogP contribution in [0.5, 0.6) is 0 Å². The number of hydrogen-bond donors (Lipinski definition) is 3. The lowest BCUT2D eigenvalue weighted by Gasteiger charge is -2.55. The Hall–Kier alpha value is -0.910. The summed E-state index contributed by atoms with van der Waals surface area (Å²) < 4.78 is 5.75. The van der Waals surface area contributed by atoms with Gasteiger partial charge in [-0.2, -0.15) is 0 Å². The van der Waals surface area contributed by atoms with Crippen molar-refractivity contribution in [3.8, 4) is 0 Å². The summed E-state index contributed by atoms with van der Waals surface area (Å²) >= 11 is 0. The molecule has 0 aromatic heterocycles. The van der Waals surface area contributed by atoms with Crippen LogP contribution in [0.15, 0.2) is 11.6 Å². The van der Waals surface area contributed by atoms with E-state index < -0.39 is 24.3 Å². The van der Waals surface area contributed by atoms with E-state index in [1.165, 1.54) is 44.1 Å². The van der Waals surface area contributed by atoms with Crippen molar-refractivity contribution in [3.63, 3.8) is 0 Å². The first-order valence-corrected chi connectivity index (χ1v) is 12.0. The minimum Gasteiger partial charge on any atom is -0.481 e. The van der Waals surface area contributed by atoms with Gasteiger partial charge in [0.05, 0.1) is 19.6 Å². The van der Waals surface area contributed by atoms with Crippen molar-refractivity contribution in [2.24, 2.45) is 34.0 Å². The number of aliphatic carboxylic acids is 1. The van der Waals surface area contributed by atoms with Crippen LogP contribution in [-0.2, 0) is 9.53 Å². The van der Waals surface area contributed by atoms with Crippen LogP contribution in [-0.4, -0.2) is 40.3 Å². The Morgan fingerprint density at radius 2 is 2.07 bits per heavy atom. The van der Waals surface area contributed by atoms with Gasteiger partial charge in [-0.1, -0.05) is 33.3 Å². The third-order valence-electron chi connectivity index (χ3n) is 10.1. The molecule has 5 nitrogen and oxygen atoms in total. The Bertz CT molecular complexity index is 718. The number of hydrogen-bond acceptors (Lipinski definition) is 4. The molecule has 3 N–H and O–H groups in total. The molecule has 3 fully saturated rings. The summed E-state index contributed by atoms with van der Waals surface area (Å²) in [5.74, 6) is -1.87. The normalized spacial score (nSPS) is 46.4. The van der Waals surface area contributed by atoms with Crippen LogP contribution in [0.4, 0.5) is 0 Å². The summed E-state index contributed by atoms with van der Waals surface area (Å²) in [5.41, 5.74) is 2.73. The molecule has 1 aliphatic heterocycles. The van der Waals surface area contributed by atoms with Crippen molar-refractivity contribution in [2.75, 3.05) is 13.2 Å². The largest absolute Gasteiger partial charge is 0.481 e. The average Bonchev–Trinajstić information content (AvgIpc) is 3.34. The quantitative estimate of drug-likeness (QED) is 0.527. The highest BCUT2D eigenvalue weighted by Gasteiger charge is 2.72. The van der Waals surface area contributed by atoms with Gasteiger partial charge in [0.25, 0.3) is 0 Å². The predicted octanol–water partition coefficient (Wildman–Crippen LogP) is 4.52. The summed E-state index contributed by atoms with van der Waals surface area (Å²) in [4.78, 5) is 11.0. The van der Waals surface area contributed by atoms with Crippen LogP contribution >= 0.6 is 0 Å². The highest BCUT2D eigenvalue weighted by atomic mass is 16.6. The second-order valence-electron chi connectivity index (χ2n) is 11.5. The highest BCUT2D eigenvalue weighted by molar-refractivity contribution is 5.67. The van der Waals surface area contributed by atoms with Gasteiger partial charge < -0.3 is 20.1 Å². The molecule has 1 heterocycles. The Balaban J connectivity index is 1.42. The zero-order valence-corrected chi connectivity index (χ0v) is 19.0. The van der Waals surface area contributed by atoms with Gasteiger partial charge in [0, 0.05) is 12.3 Å². The summed E-state index contributed by atoms with van der Waals surface area (Å²) in [6.07, 6.45) is 12.4. The van der Waals surface area contributed by atoms with E-state index in [1.54, 1.807) is 0 Å². The number of carbonyl (C=O) groups is 1. The minimum absolute atomic E-state index is 0.249. The second-order valence-corrected chi connectivity index (χ2v) is 11.5. The van der Waals surface area contributed by atoms with Crippen molar-refractivity contribution in [2.45, 2.75) is 90.8 Å². The van der Waals surface area contributed by atoms with Crippen molar-refractivity contribution >= 4 is 5.97 Å². The average molecular weight is 421 g/mol. The van der Waals surface area contributed by atoms with E-state index in [0.29, 0.717) is 22.9 Å². The molecule has 3 saturated carbocycles. The second kappa shape index (κ2) is 7.60. The van der Waals surface area contributed by atoms with E-state index in [-0.39, 0.29) is 12.8 Å². The Morgan fingerprint density at radius 1 is 1.30 bits per heavy atom. The molecule has 4 aliphatic rings. The standard InChI is InChI=1S/C25H40O5/c1-17-6-11-24-16-22(24,2)9-4-5-20(24)23(17,3)10-7-18-8-12-25(29,30-15-18)19(14-26)13-21(27)28/h8,17,19-20,26,29H,4-7,9-16H2,1-3H3,(H,27,28)/t17-,19?,20?,22-,23-,24-,25?/m0/s1. The molecule has 3 unspecified atom stereocenters.